The van der Waals surface area contributed by atoms with Crippen molar-refractivity contribution in [3.05, 3.63) is 114 Å². The van der Waals surface area contributed by atoms with Crippen LogP contribution in [0, 0.1) is 0 Å². The van der Waals surface area contributed by atoms with E-state index >= 15 is 0 Å². The van der Waals surface area contributed by atoms with Gasteiger partial charge in [-0.1, -0.05) is 97.6 Å². The van der Waals surface area contributed by atoms with Gasteiger partial charge in [-0.05, 0) is 29.2 Å². The molecule has 0 amide bonds. The highest BCUT2D eigenvalue weighted by molar-refractivity contribution is 5.52. The van der Waals surface area contributed by atoms with Crippen LogP contribution >= 0.6 is 0 Å². The molecule has 3 rings (SSSR count). The fourth-order valence-electron chi connectivity index (χ4n) is 3.17. The molecule has 0 radical (unpaired) electrons. The van der Waals surface area contributed by atoms with Crippen LogP contribution in [0.15, 0.2) is 91.5 Å². The van der Waals surface area contributed by atoms with Crippen molar-refractivity contribution < 1.29 is 4.74 Å². The summed E-state index contributed by atoms with van der Waals surface area (Å²) in [5.74, 6) is 0. The number of rotatable bonds is 6. The van der Waals surface area contributed by atoms with Crippen LogP contribution in [0.3, 0.4) is 0 Å². The number of ether oxygens (including phenoxy) is 1. The zero-order chi connectivity index (χ0) is 16.8. The molecule has 0 unspecified atom stereocenters. The number of hydrogen-bond acceptors (Lipinski definition) is 1. The van der Waals surface area contributed by atoms with Crippen molar-refractivity contribution in [3.8, 4) is 0 Å². The second-order valence-corrected chi connectivity index (χ2v) is 5.67. The van der Waals surface area contributed by atoms with E-state index in [1.54, 1.807) is 0 Å². The Morgan fingerprint density at radius 2 is 1.21 bits per heavy atom. The molecule has 24 heavy (non-hydrogen) atoms. The number of benzene rings is 3. The lowest BCUT2D eigenvalue weighted by Crippen LogP contribution is -2.32. The quantitative estimate of drug-likeness (QED) is 0.534. The Hall–Kier alpha value is -2.64. The van der Waals surface area contributed by atoms with Gasteiger partial charge in [0.05, 0.1) is 0 Å². The predicted molar refractivity (Wildman–Crippen MR) is 101 cm³/mol. The molecular weight excluding hydrogens is 292 g/mol. The van der Waals surface area contributed by atoms with Gasteiger partial charge >= 0.3 is 0 Å². The minimum atomic E-state index is -0.614. The maximum absolute atomic E-state index is 6.44. The summed E-state index contributed by atoms with van der Waals surface area (Å²) >= 11 is 0. The van der Waals surface area contributed by atoms with Crippen LogP contribution in [0.5, 0.6) is 0 Å². The van der Waals surface area contributed by atoms with E-state index in [1.165, 1.54) is 0 Å². The first kappa shape index (κ1) is 16.2. The summed E-state index contributed by atoms with van der Waals surface area (Å²) in [6, 6.07) is 29.3. The van der Waals surface area contributed by atoms with Gasteiger partial charge < -0.3 is 4.74 Å². The first-order valence-corrected chi connectivity index (χ1v) is 8.29. The molecule has 0 aliphatic carbocycles. The van der Waals surface area contributed by atoms with E-state index in [4.69, 9.17) is 4.74 Å². The SMILES string of the molecule is C=Cc1ccc(C(OCC)(c2ccccc2)c2ccccc2)cc1. The summed E-state index contributed by atoms with van der Waals surface area (Å²) in [6.07, 6.45) is 1.86. The fourth-order valence-corrected chi connectivity index (χ4v) is 3.17. The van der Waals surface area contributed by atoms with Gasteiger partial charge in [0.25, 0.3) is 0 Å². The van der Waals surface area contributed by atoms with E-state index in [2.05, 4.69) is 79.4 Å². The van der Waals surface area contributed by atoms with E-state index in [-0.39, 0.29) is 0 Å². The molecular formula is C23H22O. The predicted octanol–water partition coefficient (Wildman–Crippen LogP) is 5.66. The molecule has 0 aliphatic heterocycles. The van der Waals surface area contributed by atoms with Gasteiger partial charge in [-0.15, -0.1) is 0 Å². The zero-order valence-corrected chi connectivity index (χ0v) is 14.0. The summed E-state index contributed by atoms with van der Waals surface area (Å²) in [7, 11) is 0. The van der Waals surface area contributed by atoms with Gasteiger partial charge in [0.2, 0.25) is 0 Å². The van der Waals surface area contributed by atoms with Crippen LogP contribution in [0.2, 0.25) is 0 Å². The van der Waals surface area contributed by atoms with Gasteiger partial charge in [0.15, 0.2) is 0 Å². The normalized spacial score (nSPS) is 11.2. The van der Waals surface area contributed by atoms with E-state index in [0.717, 1.165) is 22.3 Å². The molecule has 0 fully saturated rings. The average molecular weight is 314 g/mol. The first-order valence-electron chi connectivity index (χ1n) is 8.29. The molecule has 3 aromatic carbocycles. The lowest BCUT2D eigenvalue weighted by molar-refractivity contribution is 0.0216. The topological polar surface area (TPSA) is 9.23 Å². The maximum atomic E-state index is 6.44. The van der Waals surface area contributed by atoms with Crippen LogP contribution in [0.1, 0.15) is 29.2 Å². The van der Waals surface area contributed by atoms with Crippen molar-refractivity contribution in [1.29, 1.82) is 0 Å². The summed E-state index contributed by atoms with van der Waals surface area (Å²) in [6.45, 7) is 6.50. The van der Waals surface area contributed by atoms with Crippen LogP contribution in [-0.2, 0) is 10.3 Å². The fraction of sp³-hybridized carbons (Fsp3) is 0.130. The smallest absolute Gasteiger partial charge is 0.143 e. The summed E-state index contributed by atoms with van der Waals surface area (Å²) in [5, 5.41) is 0. The highest BCUT2D eigenvalue weighted by Gasteiger charge is 2.36. The Labute approximate surface area is 144 Å². The van der Waals surface area contributed by atoms with Crippen molar-refractivity contribution in [3.63, 3.8) is 0 Å². The van der Waals surface area contributed by atoms with Gasteiger partial charge in [0, 0.05) is 6.61 Å². The van der Waals surface area contributed by atoms with E-state index in [0.29, 0.717) is 6.61 Å². The Morgan fingerprint density at radius 3 is 1.62 bits per heavy atom. The van der Waals surface area contributed by atoms with Crippen molar-refractivity contribution in [2.45, 2.75) is 12.5 Å². The molecule has 0 aromatic heterocycles. The van der Waals surface area contributed by atoms with E-state index < -0.39 is 5.60 Å². The lowest BCUT2D eigenvalue weighted by Gasteiger charge is -2.35. The van der Waals surface area contributed by atoms with Crippen LogP contribution in [0.4, 0.5) is 0 Å². The zero-order valence-electron chi connectivity index (χ0n) is 14.0. The van der Waals surface area contributed by atoms with Gasteiger partial charge in [-0.2, -0.15) is 0 Å². The molecule has 3 aromatic rings. The third kappa shape index (κ3) is 2.91. The Morgan fingerprint density at radius 1 is 0.750 bits per heavy atom. The largest absolute Gasteiger partial charge is 0.361 e. The minimum absolute atomic E-state index is 0.614. The van der Waals surface area contributed by atoms with Crippen LogP contribution in [-0.4, -0.2) is 6.61 Å². The second-order valence-electron chi connectivity index (χ2n) is 5.67. The molecule has 0 saturated heterocycles. The molecule has 0 heterocycles. The standard InChI is InChI=1S/C23H22O/c1-3-19-15-17-22(18-16-19)23(24-4-2,20-11-7-5-8-12-20)21-13-9-6-10-14-21/h3,5-18H,1,4H2,2H3. The third-order valence-electron chi connectivity index (χ3n) is 4.27. The summed E-state index contributed by atoms with van der Waals surface area (Å²) < 4.78 is 6.44. The highest BCUT2D eigenvalue weighted by atomic mass is 16.5. The van der Waals surface area contributed by atoms with E-state index in [9.17, 15) is 0 Å². The van der Waals surface area contributed by atoms with Gasteiger partial charge in [0.1, 0.15) is 5.60 Å². The molecule has 0 saturated carbocycles. The Bertz CT molecular complexity index is 734. The highest BCUT2D eigenvalue weighted by Crippen LogP contribution is 2.40. The number of hydrogen-bond donors (Lipinski definition) is 0. The molecule has 0 N–H and O–H groups in total. The van der Waals surface area contributed by atoms with Gasteiger partial charge in [-0.3, -0.25) is 0 Å². The molecule has 0 spiro atoms. The van der Waals surface area contributed by atoms with Crippen molar-refractivity contribution >= 4 is 6.08 Å². The second kappa shape index (κ2) is 7.29. The van der Waals surface area contributed by atoms with Crippen molar-refractivity contribution in [2.75, 3.05) is 6.61 Å². The molecule has 1 nitrogen and oxygen atoms in total. The molecule has 0 aliphatic rings. The van der Waals surface area contributed by atoms with Crippen molar-refractivity contribution in [2.24, 2.45) is 0 Å². The Kier molecular flexibility index (Phi) is 4.93. The summed E-state index contributed by atoms with van der Waals surface area (Å²) in [5.41, 5.74) is 3.86. The molecule has 0 atom stereocenters. The van der Waals surface area contributed by atoms with Crippen LogP contribution in [0.25, 0.3) is 6.08 Å². The van der Waals surface area contributed by atoms with E-state index in [1.807, 2.05) is 25.1 Å². The van der Waals surface area contributed by atoms with Crippen LogP contribution < -0.4 is 0 Å². The minimum Gasteiger partial charge on any atom is -0.361 e. The molecule has 120 valence electrons. The lowest BCUT2D eigenvalue weighted by atomic mass is 9.80. The Balaban J connectivity index is 2.27. The maximum Gasteiger partial charge on any atom is 0.143 e. The summed E-state index contributed by atoms with van der Waals surface area (Å²) in [4.78, 5) is 0. The monoisotopic (exact) mass is 314 g/mol. The van der Waals surface area contributed by atoms with Crippen molar-refractivity contribution in [1.82, 2.24) is 0 Å². The average Bonchev–Trinajstić information content (AvgIpc) is 2.68. The first-order chi connectivity index (χ1) is 11.8. The molecule has 1 heteroatoms. The van der Waals surface area contributed by atoms with Gasteiger partial charge in [-0.25, -0.2) is 0 Å². The third-order valence-corrected chi connectivity index (χ3v) is 4.27. The molecule has 0 bridgehead atoms.